The zero-order chi connectivity index (χ0) is 9.26. The van der Waals surface area contributed by atoms with Crippen molar-refractivity contribution < 1.29 is 9.13 Å². The van der Waals surface area contributed by atoms with Crippen LogP contribution in [0.15, 0.2) is 18.2 Å². The minimum absolute atomic E-state index is 0.300. The molecular formula is C10H12FNO. The topological polar surface area (TPSA) is 21.3 Å². The molecule has 1 saturated heterocycles. The van der Waals surface area contributed by atoms with E-state index in [2.05, 4.69) is 5.32 Å². The quantitative estimate of drug-likeness (QED) is 0.752. The third-order valence-electron chi connectivity index (χ3n) is 2.40. The first kappa shape index (κ1) is 8.51. The predicted octanol–water partition coefficient (Wildman–Crippen LogP) is 1.87. The minimum atomic E-state index is -0.300. The molecule has 0 aliphatic carbocycles. The first-order valence-corrected chi connectivity index (χ1v) is 4.38. The summed E-state index contributed by atoms with van der Waals surface area (Å²) in [4.78, 5) is 0. The second-order valence-corrected chi connectivity index (χ2v) is 3.19. The fourth-order valence-electron chi connectivity index (χ4n) is 1.47. The van der Waals surface area contributed by atoms with Gasteiger partial charge in [-0.1, -0.05) is 6.07 Å². The Labute approximate surface area is 76.7 Å². The SMILES string of the molecule is COc1cc([C@H]2CCN2)ccc1F. The summed E-state index contributed by atoms with van der Waals surface area (Å²) >= 11 is 0. The monoisotopic (exact) mass is 181 g/mol. The van der Waals surface area contributed by atoms with E-state index < -0.39 is 0 Å². The molecule has 1 aliphatic heterocycles. The van der Waals surface area contributed by atoms with E-state index in [1.54, 1.807) is 12.1 Å². The maximum atomic E-state index is 13.0. The van der Waals surface area contributed by atoms with Crippen LogP contribution in [0.3, 0.4) is 0 Å². The van der Waals surface area contributed by atoms with E-state index in [-0.39, 0.29) is 5.82 Å². The highest BCUT2D eigenvalue weighted by atomic mass is 19.1. The van der Waals surface area contributed by atoms with Gasteiger partial charge in [0.2, 0.25) is 0 Å². The van der Waals surface area contributed by atoms with Gasteiger partial charge in [0.1, 0.15) is 0 Å². The van der Waals surface area contributed by atoms with Crippen molar-refractivity contribution in [3.8, 4) is 5.75 Å². The number of benzene rings is 1. The van der Waals surface area contributed by atoms with Gasteiger partial charge in [0, 0.05) is 6.04 Å². The lowest BCUT2D eigenvalue weighted by molar-refractivity contribution is 0.368. The van der Waals surface area contributed by atoms with Crippen molar-refractivity contribution in [3.63, 3.8) is 0 Å². The van der Waals surface area contributed by atoms with Crippen LogP contribution < -0.4 is 10.1 Å². The molecule has 2 nitrogen and oxygen atoms in total. The fourth-order valence-corrected chi connectivity index (χ4v) is 1.47. The average molecular weight is 181 g/mol. The molecule has 0 bridgehead atoms. The highest BCUT2D eigenvalue weighted by Crippen LogP contribution is 2.27. The molecule has 1 aromatic carbocycles. The van der Waals surface area contributed by atoms with Crippen molar-refractivity contribution >= 4 is 0 Å². The molecule has 1 aromatic rings. The molecule has 0 aromatic heterocycles. The molecule has 1 atom stereocenters. The fraction of sp³-hybridized carbons (Fsp3) is 0.400. The molecular weight excluding hydrogens is 169 g/mol. The van der Waals surface area contributed by atoms with Crippen LogP contribution in [0.25, 0.3) is 0 Å². The lowest BCUT2D eigenvalue weighted by atomic mass is 9.98. The van der Waals surface area contributed by atoms with Crippen LogP contribution in [0.1, 0.15) is 18.0 Å². The van der Waals surface area contributed by atoms with Crippen molar-refractivity contribution in [2.24, 2.45) is 0 Å². The second kappa shape index (κ2) is 3.34. The first-order valence-electron chi connectivity index (χ1n) is 4.38. The van der Waals surface area contributed by atoms with Gasteiger partial charge in [0.15, 0.2) is 11.6 Å². The minimum Gasteiger partial charge on any atom is -0.494 e. The molecule has 0 spiro atoms. The average Bonchev–Trinajstić information content (AvgIpc) is 2.05. The van der Waals surface area contributed by atoms with E-state index in [0.717, 1.165) is 18.5 Å². The Balaban J connectivity index is 2.26. The Bertz CT molecular complexity index is 310. The molecule has 1 heterocycles. The van der Waals surface area contributed by atoms with Crippen LogP contribution in [0.2, 0.25) is 0 Å². The Morgan fingerprint density at radius 3 is 2.85 bits per heavy atom. The normalized spacial score (nSPS) is 20.9. The van der Waals surface area contributed by atoms with Crippen molar-refractivity contribution in [1.82, 2.24) is 5.32 Å². The van der Waals surface area contributed by atoms with Crippen molar-refractivity contribution in [3.05, 3.63) is 29.6 Å². The van der Waals surface area contributed by atoms with Gasteiger partial charge in [-0.05, 0) is 30.7 Å². The van der Waals surface area contributed by atoms with Crippen LogP contribution in [0, 0.1) is 5.82 Å². The third kappa shape index (κ3) is 1.52. The van der Waals surface area contributed by atoms with E-state index in [0.29, 0.717) is 11.8 Å². The number of hydrogen-bond donors (Lipinski definition) is 1. The number of hydrogen-bond acceptors (Lipinski definition) is 2. The van der Waals surface area contributed by atoms with Crippen molar-refractivity contribution in [1.29, 1.82) is 0 Å². The summed E-state index contributed by atoms with van der Waals surface area (Å²) in [5, 5.41) is 3.25. The summed E-state index contributed by atoms with van der Waals surface area (Å²) in [5.74, 6) is 0.0248. The van der Waals surface area contributed by atoms with Crippen molar-refractivity contribution in [2.45, 2.75) is 12.5 Å². The Morgan fingerprint density at radius 1 is 1.54 bits per heavy atom. The Morgan fingerprint density at radius 2 is 2.31 bits per heavy atom. The number of halogens is 1. The molecule has 0 saturated carbocycles. The van der Waals surface area contributed by atoms with E-state index in [1.165, 1.54) is 13.2 Å². The Hall–Kier alpha value is -1.09. The molecule has 0 amide bonds. The first-order chi connectivity index (χ1) is 6.31. The number of methoxy groups -OCH3 is 1. The molecule has 1 N–H and O–H groups in total. The van der Waals surface area contributed by atoms with E-state index in [1.807, 2.05) is 0 Å². The van der Waals surface area contributed by atoms with Gasteiger partial charge in [-0.3, -0.25) is 0 Å². The lowest BCUT2D eigenvalue weighted by Gasteiger charge is -2.28. The van der Waals surface area contributed by atoms with Gasteiger partial charge < -0.3 is 10.1 Å². The lowest BCUT2D eigenvalue weighted by Crippen LogP contribution is -2.34. The molecule has 1 fully saturated rings. The van der Waals surface area contributed by atoms with Crippen LogP contribution in [0.5, 0.6) is 5.75 Å². The standard InChI is InChI=1S/C10H12FNO/c1-13-10-6-7(2-3-8(10)11)9-4-5-12-9/h2-3,6,9,12H,4-5H2,1H3/t9-/m1/s1. The van der Waals surface area contributed by atoms with Crippen LogP contribution in [-0.2, 0) is 0 Å². The van der Waals surface area contributed by atoms with Crippen LogP contribution in [-0.4, -0.2) is 13.7 Å². The predicted molar refractivity (Wildman–Crippen MR) is 48.3 cm³/mol. The molecule has 0 radical (unpaired) electrons. The summed E-state index contributed by atoms with van der Waals surface area (Å²) in [6, 6.07) is 5.39. The zero-order valence-electron chi connectivity index (χ0n) is 7.51. The summed E-state index contributed by atoms with van der Waals surface area (Å²) in [7, 11) is 1.48. The van der Waals surface area contributed by atoms with Gasteiger partial charge in [-0.25, -0.2) is 4.39 Å². The molecule has 1 aliphatic rings. The van der Waals surface area contributed by atoms with E-state index >= 15 is 0 Å². The number of rotatable bonds is 2. The van der Waals surface area contributed by atoms with Gasteiger partial charge >= 0.3 is 0 Å². The smallest absolute Gasteiger partial charge is 0.165 e. The van der Waals surface area contributed by atoms with E-state index in [4.69, 9.17) is 4.74 Å². The van der Waals surface area contributed by atoms with Gasteiger partial charge in [0.25, 0.3) is 0 Å². The molecule has 13 heavy (non-hydrogen) atoms. The Kier molecular flexibility index (Phi) is 2.19. The zero-order valence-corrected chi connectivity index (χ0v) is 7.51. The van der Waals surface area contributed by atoms with Gasteiger partial charge in [0.05, 0.1) is 7.11 Å². The highest BCUT2D eigenvalue weighted by molar-refractivity contribution is 5.32. The van der Waals surface area contributed by atoms with E-state index in [9.17, 15) is 4.39 Å². The van der Waals surface area contributed by atoms with Gasteiger partial charge in [-0.15, -0.1) is 0 Å². The largest absolute Gasteiger partial charge is 0.494 e. The van der Waals surface area contributed by atoms with Crippen molar-refractivity contribution in [2.75, 3.05) is 13.7 Å². The van der Waals surface area contributed by atoms with Crippen LogP contribution in [0.4, 0.5) is 4.39 Å². The maximum absolute atomic E-state index is 13.0. The van der Waals surface area contributed by atoms with Gasteiger partial charge in [-0.2, -0.15) is 0 Å². The third-order valence-corrected chi connectivity index (χ3v) is 2.40. The summed E-state index contributed by atoms with van der Waals surface area (Å²) < 4.78 is 17.9. The maximum Gasteiger partial charge on any atom is 0.165 e. The molecule has 0 unspecified atom stereocenters. The number of nitrogens with one attached hydrogen (secondary N) is 1. The molecule has 3 heteroatoms. The number of ether oxygens (including phenoxy) is 1. The summed E-state index contributed by atoms with van der Waals surface area (Å²) in [6.45, 7) is 1.05. The second-order valence-electron chi connectivity index (χ2n) is 3.19. The molecule has 2 rings (SSSR count). The van der Waals surface area contributed by atoms with Crippen LogP contribution >= 0.6 is 0 Å². The summed E-state index contributed by atoms with van der Waals surface area (Å²) in [6.07, 6.45) is 1.12. The molecule has 70 valence electrons. The summed E-state index contributed by atoms with van der Waals surface area (Å²) in [5.41, 5.74) is 1.10. The highest BCUT2D eigenvalue weighted by Gasteiger charge is 2.19.